The van der Waals surface area contributed by atoms with E-state index in [4.69, 9.17) is 14.2 Å². The van der Waals surface area contributed by atoms with Crippen LogP contribution in [-0.4, -0.2) is 42.1 Å². The number of benzene rings is 1. The second kappa shape index (κ2) is 12.0. The van der Waals surface area contributed by atoms with Crippen LogP contribution in [0, 0.1) is 6.92 Å². The van der Waals surface area contributed by atoms with Gasteiger partial charge in [-0.1, -0.05) is 38.1 Å². The number of amides is 1. The van der Waals surface area contributed by atoms with E-state index in [9.17, 15) is 14.4 Å². The molecule has 0 aliphatic carbocycles. The number of aryl methyl sites for hydroxylation is 1. The van der Waals surface area contributed by atoms with Crippen LogP contribution >= 0.6 is 0 Å². The maximum absolute atomic E-state index is 12.8. The Morgan fingerprint density at radius 1 is 1.09 bits per heavy atom. The average molecular weight is 457 g/mol. The van der Waals surface area contributed by atoms with Gasteiger partial charge in [0.1, 0.15) is 12.1 Å². The van der Waals surface area contributed by atoms with Crippen LogP contribution in [0.4, 0.5) is 0 Å². The summed E-state index contributed by atoms with van der Waals surface area (Å²) in [7, 11) is 1.39. The molecule has 1 heterocycles. The SMILES string of the molecule is CCCC(=O)Oc1c(OC)ccnc1C(=O)N[C@@H](C)C(=O)O[C@@H](C)[C@@H](C)c1ccccc1C. The van der Waals surface area contributed by atoms with Crippen molar-refractivity contribution in [3.8, 4) is 11.5 Å². The third kappa shape index (κ3) is 6.78. The molecule has 0 unspecified atom stereocenters. The van der Waals surface area contributed by atoms with Crippen molar-refractivity contribution in [2.24, 2.45) is 0 Å². The van der Waals surface area contributed by atoms with Gasteiger partial charge in [0.2, 0.25) is 5.75 Å². The van der Waals surface area contributed by atoms with E-state index in [0.717, 1.165) is 11.1 Å². The highest BCUT2D eigenvalue weighted by molar-refractivity contribution is 5.98. The van der Waals surface area contributed by atoms with Crippen LogP contribution in [0.2, 0.25) is 0 Å². The van der Waals surface area contributed by atoms with Crippen molar-refractivity contribution in [3.05, 3.63) is 53.3 Å². The number of nitrogens with one attached hydrogen (secondary N) is 1. The lowest BCUT2D eigenvalue weighted by atomic mass is 9.92. The van der Waals surface area contributed by atoms with Crippen LogP contribution in [0.3, 0.4) is 0 Å². The van der Waals surface area contributed by atoms with E-state index in [1.165, 1.54) is 26.3 Å². The number of methoxy groups -OCH3 is 1. The Labute approximate surface area is 194 Å². The first-order valence-corrected chi connectivity index (χ1v) is 11.0. The van der Waals surface area contributed by atoms with Gasteiger partial charge in [0.25, 0.3) is 5.91 Å². The molecule has 1 aromatic carbocycles. The van der Waals surface area contributed by atoms with Gasteiger partial charge in [-0.3, -0.25) is 9.59 Å². The van der Waals surface area contributed by atoms with E-state index in [1.807, 2.05) is 52.0 Å². The molecule has 1 N–H and O–H groups in total. The summed E-state index contributed by atoms with van der Waals surface area (Å²) in [4.78, 5) is 41.5. The molecule has 2 aromatic rings. The van der Waals surface area contributed by atoms with Crippen molar-refractivity contribution >= 4 is 17.8 Å². The second-order valence-corrected chi connectivity index (χ2v) is 7.90. The summed E-state index contributed by atoms with van der Waals surface area (Å²) in [5.74, 6) is -1.69. The third-order valence-corrected chi connectivity index (χ3v) is 5.36. The van der Waals surface area contributed by atoms with Crippen molar-refractivity contribution in [2.75, 3.05) is 7.11 Å². The quantitative estimate of drug-likeness (QED) is 0.540. The maximum atomic E-state index is 12.8. The molecule has 8 heteroatoms. The summed E-state index contributed by atoms with van der Waals surface area (Å²) in [6, 6.07) is 8.46. The topological polar surface area (TPSA) is 104 Å². The molecule has 8 nitrogen and oxygen atoms in total. The zero-order chi connectivity index (χ0) is 24.5. The molecule has 0 radical (unpaired) electrons. The minimum atomic E-state index is -0.948. The minimum Gasteiger partial charge on any atom is -0.493 e. The van der Waals surface area contributed by atoms with Crippen molar-refractivity contribution in [3.63, 3.8) is 0 Å². The van der Waals surface area contributed by atoms with Crippen LogP contribution in [0.1, 0.15) is 68.1 Å². The molecular formula is C25H32N2O6. The number of esters is 2. The molecule has 1 aromatic heterocycles. The number of hydrogen-bond donors (Lipinski definition) is 1. The number of hydrogen-bond acceptors (Lipinski definition) is 7. The van der Waals surface area contributed by atoms with Gasteiger partial charge in [0, 0.05) is 24.6 Å². The van der Waals surface area contributed by atoms with Crippen molar-refractivity contribution in [1.82, 2.24) is 10.3 Å². The number of pyridine rings is 1. The maximum Gasteiger partial charge on any atom is 0.328 e. The lowest BCUT2D eigenvalue weighted by Gasteiger charge is -2.24. The Bertz CT molecular complexity index is 991. The Hall–Kier alpha value is -3.42. The van der Waals surface area contributed by atoms with Gasteiger partial charge in [-0.15, -0.1) is 0 Å². The molecule has 0 bridgehead atoms. The number of carbonyl (C=O) groups excluding carboxylic acids is 3. The highest BCUT2D eigenvalue weighted by atomic mass is 16.6. The molecule has 0 aliphatic rings. The van der Waals surface area contributed by atoms with E-state index in [0.29, 0.717) is 6.42 Å². The molecule has 0 saturated carbocycles. The first-order valence-electron chi connectivity index (χ1n) is 11.0. The zero-order valence-corrected chi connectivity index (χ0v) is 20.0. The smallest absolute Gasteiger partial charge is 0.328 e. The molecule has 0 aliphatic heterocycles. The molecule has 1 amide bonds. The Morgan fingerprint density at radius 3 is 2.42 bits per heavy atom. The van der Waals surface area contributed by atoms with Gasteiger partial charge in [0.15, 0.2) is 11.4 Å². The van der Waals surface area contributed by atoms with Crippen molar-refractivity contribution in [2.45, 2.75) is 65.5 Å². The van der Waals surface area contributed by atoms with Crippen LogP contribution in [-0.2, 0) is 14.3 Å². The second-order valence-electron chi connectivity index (χ2n) is 7.90. The predicted octanol–water partition coefficient (Wildman–Crippen LogP) is 3.96. The summed E-state index contributed by atoms with van der Waals surface area (Å²) in [5, 5.41) is 2.57. The van der Waals surface area contributed by atoms with Gasteiger partial charge in [-0.05, 0) is 38.3 Å². The zero-order valence-electron chi connectivity index (χ0n) is 20.0. The molecule has 3 atom stereocenters. The predicted molar refractivity (Wildman–Crippen MR) is 123 cm³/mol. The highest BCUT2D eigenvalue weighted by Gasteiger charge is 2.27. The van der Waals surface area contributed by atoms with Gasteiger partial charge in [-0.2, -0.15) is 0 Å². The van der Waals surface area contributed by atoms with Gasteiger partial charge < -0.3 is 19.5 Å². The summed E-state index contributed by atoms with van der Waals surface area (Å²) in [6.45, 7) is 9.17. The Morgan fingerprint density at radius 2 is 1.79 bits per heavy atom. The van der Waals surface area contributed by atoms with E-state index in [1.54, 1.807) is 0 Å². The first-order chi connectivity index (χ1) is 15.7. The molecule has 0 spiro atoms. The fourth-order valence-corrected chi connectivity index (χ4v) is 3.28. The van der Waals surface area contributed by atoms with Crippen molar-refractivity contribution < 1.29 is 28.6 Å². The van der Waals surface area contributed by atoms with E-state index in [-0.39, 0.29) is 29.5 Å². The lowest BCUT2D eigenvalue weighted by Crippen LogP contribution is -2.41. The molecule has 0 fully saturated rings. The number of carbonyl (C=O) groups is 3. The Balaban J connectivity index is 2.09. The Kier molecular flexibility index (Phi) is 9.39. The van der Waals surface area contributed by atoms with Crippen LogP contribution in [0.15, 0.2) is 36.5 Å². The summed E-state index contributed by atoms with van der Waals surface area (Å²) < 4.78 is 16.1. The summed E-state index contributed by atoms with van der Waals surface area (Å²) in [6.07, 6.45) is 1.72. The van der Waals surface area contributed by atoms with Crippen LogP contribution < -0.4 is 14.8 Å². The number of rotatable bonds is 10. The third-order valence-electron chi connectivity index (χ3n) is 5.36. The highest BCUT2D eigenvalue weighted by Crippen LogP contribution is 2.30. The standard InChI is InChI=1S/C25H32N2O6/c1-7-10-21(28)33-23-20(31-6)13-14-26-22(23)24(29)27-17(4)25(30)32-18(5)16(3)19-12-9-8-11-15(19)2/h8-9,11-14,16-18H,7,10H2,1-6H3,(H,27,29)/t16-,17+,18+/m1/s1. The van der Waals surface area contributed by atoms with Crippen LogP contribution in [0.5, 0.6) is 11.5 Å². The monoisotopic (exact) mass is 456 g/mol. The number of nitrogens with zero attached hydrogens (tertiary/aromatic N) is 1. The minimum absolute atomic E-state index is 0.0253. The molecule has 0 saturated heterocycles. The number of ether oxygens (including phenoxy) is 3. The number of aromatic nitrogens is 1. The summed E-state index contributed by atoms with van der Waals surface area (Å²) >= 11 is 0. The van der Waals surface area contributed by atoms with E-state index < -0.39 is 30.0 Å². The first kappa shape index (κ1) is 25.8. The van der Waals surface area contributed by atoms with E-state index in [2.05, 4.69) is 10.3 Å². The fraction of sp³-hybridized carbons (Fsp3) is 0.440. The molecular weight excluding hydrogens is 424 g/mol. The van der Waals surface area contributed by atoms with Gasteiger partial charge in [-0.25, -0.2) is 9.78 Å². The lowest BCUT2D eigenvalue weighted by molar-refractivity contribution is -0.151. The van der Waals surface area contributed by atoms with Crippen molar-refractivity contribution in [1.29, 1.82) is 0 Å². The average Bonchev–Trinajstić information content (AvgIpc) is 2.78. The fourth-order valence-electron chi connectivity index (χ4n) is 3.28. The summed E-state index contributed by atoms with van der Waals surface area (Å²) in [5.41, 5.74) is 2.05. The van der Waals surface area contributed by atoms with Gasteiger partial charge in [0.05, 0.1) is 7.11 Å². The molecule has 33 heavy (non-hydrogen) atoms. The van der Waals surface area contributed by atoms with E-state index >= 15 is 0 Å². The van der Waals surface area contributed by atoms with Crippen LogP contribution in [0.25, 0.3) is 0 Å². The largest absolute Gasteiger partial charge is 0.493 e. The van der Waals surface area contributed by atoms with Gasteiger partial charge >= 0.3 is 11.9 Å². The normalized spacial score (nSPS) is 13.4. The molecule has 2 rings (SSSR count). The molecule has 178 valence electrons.